The van der Waals surface area contributed by atoms with Crippen LogP contribution in [0.4, 0.5) is 0 Å². The zero-order valence-corrected chi connectivity index (χ0v) is 11.0. The second-order valence-electron chi connectivity index (χ2n) is 4.36. The molecule has 1 saturated carbocycles. The van der Waals surface area contributed by atoms with Gasteiger partial charge in [0.25, 0.3) is 0 Å². The average Bonchev–Trinajstić information content (AvgIpc) is 3.00. The standard InChI is InChI=1S/C12H13BrO4/c1-17-9-5-7(13)4-8(11(9)16)12(2-3-12)6-10(14)15/h4-5,16H,2-3,6H2,1H3,(H,14,15). The molecular formula is C12H13BrO4. The third-order valence-corrected chi connectivity index (χ3v) is 3.63. The maximum Gasteiger partial charge on any atom is 0.304 e. The molecule has 4 nitrogen and oxygen atoms in total. The number of halogens is 1. The molecule has 0 saturated heterocycles. The molecule has 5 heteroatoms. The van der Waals surface area contributed by atoms with Crippen LogP contribution in [0.3, 0.4) is 0 Å². The number of aliphatic carboxylic acids is 1. The van der Waals surface area contributed by atoms with Crippen LogP contribution in [-0.4, -0.2) is 23.3 Å². The molecule has 0 atom stereocenters. The summed E-state index contributed by atoms with van der Waals surface area (Å²) >= 11 is 3.34. The van der Waals surface area contributed by atoms with Gasteiger partial charge in [0, 0.05) is 15.5 Å². The summed E-state index contributed by atoms with van der Waals surface area (Å²) in [6, 6.07) is 3.43. The van der Waals surface area contributed by atoms with Gasteiger partial charge >= 0.3 is 5.97 Å². The largest absolute Gasteiger partial charge is 0.504 e. The molecule has 0 unspecified atom stereocenters. The van der Waals surface area contributed by atoms with Crippen LogP contribution in [0.15, 0.2) is 16.6 Å². The van der Waals surface area contributed by atoms with Gasteiger partial charge in [-0.25, -0.2) is 0 Å². The summed E-state index contributed by atoms with van der Waals surface area (Å²) in [4.78, 5) is 10.9. The van der Waals surface area contributed by atoms with E-state index in [1.807, 2.05) is 0 Å². The Kier molecular flexibility index (Phi) is 3.03. The third kappa shape index (κ3) is 2.24. The van der Waals surface area contributed by atoms with Crippen LogP contribution in [0.25, 0.3) is 0 Å². The summed E-state index contributed by atoms with van der Waals surface area (Å²) in [5, 5.41) is 19.0. The van der Waals surface area contributed by atoms with Crippen molar-refractivity contribution in [1.29, 1.82) is 0 Å². The molecule has 1 aliphatic rings. The van der Waals surface area contributed by atoms with Crippen LogP contribution >= 0.6 is 15.9 Å². The summed E-state index contributed by atoms with van der Waals surface area (Å²) in [5.74, 6) is -0.429. The molecule has 0 bridgehead atoms. The number of benzene rings is 1. The van der Waals surface area contributed by atoms with Crippen molar-refractivity contribution in [3.63, 3.8) is 0 Å². The van der Waals surface area contributed by atoms with Gasteiger partial charge in [-0.3, -0.25) is 4.79 Å². The van der Waals surface area contributed by atoms with E-state index in [4.69, 9.17) is 9.84 Å². The number of hydrogen-bond acceptors (Lipinski definition) is 3. The van der Waals surface area contributed by atoms with E-state index in [-0.39, 0.29) is 12.2 Å². The molecular weight excluding hydrogens is 288 g/mol. The number of carboxylic acids is 1. The molecule has 92 valence electrons. The molecule has 0 amide bonds. The highest BCUT2D eigenvalue weighted by Crippen LogP contribution is 2.55. The lowest BCUT2D eigenvalue weighted by Crippen LogP contribution is -2.13. The quantitative estimate of drug-likeness (QED) is 0.897. The van der Waals surface area contributed by atoms with Crippen LogP contribution in [0, 0.1) is 0 Å². The fourth-order valence-electron chi connectivity index (χ4n) is 2.12. The van der Waals surface area contributed by atoms with Gasteiger partial charge < -0.3 is 14.9 Å². The fourth-order valence-corrected chi connectivity index (χ4v) is 2.55. The molecule has 1 aromatic carbocycles. The number of hydrogen-bond donors (Lipinski definition) is 2. The van der Waals surface area contributed by atoms with Crippen molar-refractivity contribution in [2.75, 3.05) is 7.11 Å². The highest BCUT2D eigenvalue weighted by Gasteiger charge is 2.48. The van der Waals surface area contributed by atoms with Gasteiger partial charge in [-0.05, 0) is 25.0 Å². The Balaban J connectivity index is 2.45. The molecule has 1 fully saturated rings. The third-order valence-electron chi connectivity index (χ3n) is 3.17. The normalized spacial score (nSPS) is 16.6. The molecule has 0 heterocycles. The van der Waals surface area contributed by atoms with E-state index in [1.165, 1.54) is 7.11 Å². The first-order chi connectivity index (χ1) is 7.98. The second kappa shape index (κ2) is 4.22. The molecule has 0 spiro atoms. The van der Waals surface area contributed by atoms with Crippen LogP contribution in [-0.2, 0) is 10.2 Å². The zero-order valence-electron chi connectivity index (χ0n) is 9.36. The SMILES string of the molecule is COc1cc(Br)cc(C2(CC(=O)O)CC2)c1O. The summed E-state index contributed by atoms with van der Waals surface area (Å²) in [5.41, 5.74) is 0.235. The van der Waals surface area contributed by atoms with Gasteiger partial charge in [0.05, 0.1) is 13.5 Å². The summed E-state index contributed by atoms with van der Waals surface area (Å²) in [7, 11) is 1.47. The predicted molar refractivity (Wildman–Crippen MR) is 65.5 cm³/mol. The molecule has 17 heavy (non-hydrogen) atoms. The minimum Gasteiger partial charge on any atom is -0.504 e. The van der Waals surface area contributed by atoms with Crippen LogP contribution in [0.1, 0.15) is 24.8 Å². The average molecular weight is 301 g/mol. The summed E-state index contributed by atoms with van der Waals surface area (Å²) in [6.45, 7) is 0. The minimum absolute atomic E-state index is 0.0418. The number of aromatic hydroxyl groups is 1. The van der Waals surface area contributed by atoms with Gasteiger partial charge in [0.15, 0.2) is 11.5 Å². The van der Waals surface area contributed by atoms with Gasteiger partial charge in [0.2, 0.25) is 0 Å². The summed E-state index contributed by atoms with van der Waals surface area (Å²) < 4.78 is 5.84. The molecule has 1 aromatic rings. The van der Waals surface area contributed by atoms with Crippen molar-refractivity contribution in [1.82, 2.24) is 0 Å². The van der Waals surface area contributed by atoms with E-state index in [9.17, 15) is 9.90 Å². The first kappa shape index (κ1) is 12.2. The number of methoxy groups -OCH3 is 1. The van der Waals surface area contributed by atoms with Crippen molar-refractivity contribution in [2.45, 2.75) is 24.7 Å². The Hall–Kier alpha value is -1.23. The molecule has 0 aliphatic heterocycles. The van der Waals surface area contributed by atoms with Gasteiger partial charge in [-0.15, -0.1) is 0 Å². The number of carboxylic acid groups (broad SMARTS) is 1. The minimum atomic E-state index is -0.846. The molecule has 0 aromatic heterocycles. The number of rotatable bonds is 4. The number of phenols is 1. The predicted octanol–water partition coefficient (Wildman–Crippen LogP) is 2.67. The molecule has 0 radical (unpaired) electrons. The number of ether oxygens (including phenoxy) is 1. The lowest BCUT2D eigenvalue weighted by molar-refractivity contribution is -0.137. The van der Waals surface area contributed by atoms with Gasteiger partial charge in [-0.2, -0.15) is 0 Å². The van der Waals surface area contributed by atoms with Crippen molar-refractivity contribution >= 4 is 21.9 Å². The number of carbonyl (C=O) groups is 1. The van der Waals surface area contributed by atoms with E-state index in [1.54, 1.807) is 12.1 Å². The van der Waals surface area contributed by atoms with E-state index < -0.39 is 11.4 Å². The Morgan fingerprint density at radius 3 is 2.65 bits per heavy atom. The van der Waals surface area contributed by atoms with E-state index in [0.717, 1.165) is 17.3 Å². The van der Waals surface area contributed by atoms with Crippen molar-refractivity contribution in [2.24, 2.45) is 0 Å². The Labute approximate surface area is 107 Å². The topological polar surface area (TPSA) is 66.8 Å². The van der Waals surface area contributed by atoms with E-state index >= 15 is 0 Å². The van der Waals surface area contributed by atoms with Gasteiger partial charge in [-0.1, -0.05) is 15.9 Å². The van der Waals surface area contributed by atoms with Gasteiger partial charge in [0.1, 0.15) is 0 Å². The monoisotopic (exact) mass is 300 g/mol. The smallest absolute Gasteiger partial charge is 0.304 e. The van der Waals surface area contributed by atoms with Crippen LogP contribution < -0.4 is 4.74 Å². The molecule has 2 N–H and O–H groups in total. The lowest BCUT2D eigenvalue weighted by Gasteiger charge is -2.17. The fraction of sp³-hybridized carbons (Fsp3) is 0.417. The Morgan fingerprint density at radius 1 is 1.53 bits per heavy atom. The second-order valence-corrected chi connectivity index (χ2v) is 5.27. The Bertz CT molecular complexity index is 466. The first-order valence-electron chi connectivity index (χ1n) is 5.27. The first-order valence-corrected chi connectivity index (χ1v) is 6.06. The molecule has 1 aliphatic carbocycles. The van der Waals surface area contributed by atoms with E-state index in [0.29, 0.717) is 11.3 Å². The maximum absolute atomic E-state index is 10.9. The zero-order chi connectivity index (χ0) is 12.6. The highest BCUT2D eigenvalue weighted by atomic mass is 79.9. The number of phenolic OH excluding ortho intramolecular Hbond substituents is 1. The maximum atomic E-state index is 10.9. The Morgan fingerprint density at radius 2 is 2.18 bits per heavy atom. The van der Waals surface area contributed by atoms with Crippen LogP contribution in [0.2, 0.25) is 0 Å². The van der Waals surface area contributed by atoms with Crippen molar-refractivity contribution in [3.05, 3.63) is 22.2 Å². The van der Waals surface area contributed by atoms with Crippen LogP contribution in [0.5, 0.6) is 11.5 Å². The van der Waals surface area contributed by atoms with Crippen molar-refractivity contribution < 1.29 is 19.7 Å². The highest BCUT2D eigenvalue weighted by molar-refractivity contribution is 9.10. The lowest BCUT2D eigenvalue weighted by atomic mass is 9.91. The van der Waals surface area contributed by atoms with Crippen molar-refractivity contribution in [3.8, 4) is 11.5 Å². The van der Waals surface area contributed by atoms with E-state index in [2.05, 4.69) is 15.9 Å². The molecule has 2 rings (SSSR count). The summed E-state index contributed by atoms with van der Waals surface area (Å²) in [6.07, 6.45) is 1.61.